The van der Waals surface area contributed by atoms with Gasteiger partial charge in [-0.2, -0.15) is 0 Å². The number of hydrogen-bond acceptors (Lipinski definition) is 5. The van der Waals surface area contributed by atoms with Crippen LogP contribution in [-0.2, 0) is 11.3 Å². The summed E-state index contributed by atoms with van der Waals surface area (Å²) in [6.45, 7) is 3.41. The minimum absolute atomic E-state index is 0.291. The number of ether oxygens (including phenoxy) is 1. The number of morpholine rings is 1. The zero-order valence-corrected chi connectivity index (χ0v) is 12.7. The smallest absolute Gasteiger partial charge is 0.320 e. The van der Waals surface area contributed by atoms with Gasteiger partial charge in [-0.05, 0) is 5.56 Å². The van der Waals surface area contributed by atoms with Gasteiger partial charge in [0.05, 0.1) is 13.2 Å². The lowest BCUT2D eigenvalue weighted by atomic mass is 10.2. The number of hydrogen-bond donors (Lipinski definition) is 2. The fourth-order valence-electron chi connectivity index (χ4n) is 2.32. The number of benzene rings is 1. The van der Waals surface area contributed by atoms with Gasteiger partial charge in [0, 0.05) is 25.7 Å². The van der Waals surface area contributed by atoms with Crippen LogP contribution in [0.1, 0.15) is 5.56 Å². The Morgan fingerprint density at radius 3 is 2.74 bits per heavy atom. The first-order valence-electron chi connectivity index (χ1n) is 7.55. The van der Waals surface area contributed by atoms with Crippen LogP contribution in [0.5, 0.6) is 0 Å². The van der Waals surface area contributed by atoms with Crippen LogP contribution >= 0.6 is 0 Å². The van der Waals surface area contributed by atoms with Crippen LogP contribution in [0.4, 0.5) is 16.4 Å². The fraction of sp³-hybridized carbons (Fsp3) is 0.312. The third-order valence-corrected chi connectivity index (χ3v) is 3.53. The summed E-state index contributed by atoms with van der Waals surface area (Å²) in [5, 5.41) is 5.53. The zero-order chi connectivity index (χ0) is 15.9. The molecule has 120 valence electrons. The maximum Gasteiger partial charge on any atom is 0.320 e. The molecular formula is C16H19N5O2. The third kappa shape index (κ3) is 4.40. The molecule has 0 saturated carbocycles. The summed E-state index contributed by atoms with van der Waals surface area (Å²) in [5.41, 5.74) is 1.04. The van der Waals surface area contributed by atoms with E-state index in [0.717, 1.165) is 24.5 Å². The molecule has 1 aliphatic heterocycles. The van der Waals surface area contributed by atoms with Crippen LogP contribution in [0.3, 0.4) is 0 Å². The Morgan fingerprint density at radius 2 is 1.96 bits per heavy atom. The molecule has 1 aromatic heterocycles. The average Bonchev–Trinajstić information content (AvgIpc) is 2.62. The van der Waals surface area contributed by atoms with Crippen molar-refractivity contribution in [3.8, 4) is 0 Å². The molecule has 2 N–H and O–H groups in total. The Bertz CT molecular complexity index is 644. The normalized spacial score (nSPS) is 14.3. The summed E-state index contributed by atoms with van der Waals surface area (Å²) in [6.07, 6.45) is 1.46. The highest BCUT2D eigenvalue weighted by molar-refractivity contribution is 5.88. The van der Waals surface area contributed by atoms with Crippen molar-refractivity contribution in [1.29, 1.82) is 0 Å². The predicted molar refractivity (Wildman–Crippen MR) is 87.4 cm³/mol. The van der Waals surface area contributed by atoms with Crippen molar-refractivity contribution in [3.63, 3.8) is 0 Å². The van der Waals surface area contributed by atoms with Crippen LogP contribution in [0.15, 0.2) is 42.7 Å². The number of anilines is 2. The highest BCUT2D eigenvalue weighted by Crippen LogP contribution is 2.15. The largest absolute Gasteiger partial charge is 0.378 e. The minimum Gasteiger partial charge on any atom is -0.378 e. The number of rotatable bonds is 4. The second-order valence-corrected chi connectivity index (χ2v) is 5.15. The molecule has 23 heavy (non-hydrogen) atoms. The summed E-state index contributed by atoms with van der Waals surface area (Å²) in [4.78, 5) is 22.4. The molecule has 1 saturated heterocycles. The van der Waals surface area contributed by atoms with Crippen molar-refractivity contribution in [1.82, 2.24) is 15.3 Å². The first-order chi connectivity index (χ1) is 11.3. The van der Waals surface area contributed by atoms with E-state index in [1.165, 1.54) is 6.33 Å². The molecule has 2 amide bonds. The van der Waals surface area contributed by atoms with E-state index in [0.29, 0.717) is 25.6 Å². The third-order valence-electron chi connectivity index (χ3n) is 3.53. The molecule has 3 rings (SSSR count). The Labute approximate surface area is 134 Å². The first-order valence-corrected chi connectivity index (χ1v) is 7.55. The van der Waals surface area contributed by atoms with Gasteiger partial charge in [0.25, 0.3) is 0 Å². The van der Waals surface area contributed by atoms with Gasteiger partial charge in [0.2, 0.25) is 0 Å². The lowest BCUT2D eigenvalue weighted by molar-refractivity contribution is 0.122. The van der Waals surface area contributed by atoms with E-state index in [9.17, 15) is 4.79 Å². The summed E-state index contributed by atoms with van der Waals surface area (Å²) >= 11 is 0. The van der Waals surface area contributed by atoms with Crippen LogP contribution < -0.4 is 15.5 Å². The molecule has 0 atom stereocenters. The second-order valence-electron chi connectivity index (χ2n) is 5.15. The molecule has 2 heterocycles. The van der Waals surface area contributed by atoms with E-state index in [4.69, 9.17) is 4.74 Å². The van der Waals surface area contributed by atoms with E-state index < -0.39 is 0 Å². The molecule has 1 aliphatic rings. The van der Waals surface area contributed by atoms with E-state index >= 15 is 0 Å². The van der Waals surface area contributed by atoms with E-state index in [-0.39, 0.29) is 6.03 Å². The second kappa shape index (κ2) is 7.55. The molecule has 0 unspecified atom stereocenters. The lowest BCUT2D eigenvalue weighted by Crippen LogP contribution is -2.37. The van der Waals surface area contributed by atoms with Crippen LogP contribution in [0, 0.1) is 0 Å². The van der Waals surface area contributed by atoms with Crippen molar-refractivity contribution in [3.05, 3.63) is 48.3 Å². The highest BCUT2D eigenvalue weighted by Gasteiger charge is 2.13. The number of aromatic nitrogens is 2. The molecule has 2 aromatic rings. The van der Waals surface area contributed by atoms with Gasteiger partial charge in [-0.3, -0.25) is 5.32 Å². The Morgan fingerprint density at radius 1 is 1.17 bits per heavy atom. The molecule has 1 aromatic carbocycles. The van der Waals surface area contributed by atoms with Gasteiger partial charge < -0.3 is 15.0 Å². The molecular weight excluding hydrogens is 294 g/mol. The molecule has 7 heteroatoms. The van der Waals surface area contributed by atoms with E-state index in [1.54, 1.807) is 6.07 Å². The Kier molecular flexibility index (Phi) is 5.00. The fourth-order valence-corrected chi connectivity index (χ4v) is 2.32. The molecule has 0 bridgehead atoms. The molecule has 0 radical (unpaired) electrons. The van der Waals surface area contributed by atoms with Crippen molar-refractivity contribution in [2.75, 3.05) is 36.5 Å². The van der Waals surface area contributed by atoms with Crippen LogP contribution in [-0.4, -0.2) is 42.3 Å². The summed E-state index contributed by atoms with van der Waals surface area (Å²) < 4.78 is 5.33. The van der Waals surface area contributed by atoms with E-state index in [1.807, 2.05) is 30.3 Å². The van der Waals surface area contributed by atoms with Crippen molar-refractivity contribution in [2.24, 2.45) is 0 Å². The Hall–Kier alpha value is -2.67. The maximum absolute atomic E-state index is 12.0. The van der Waals surface area contributed by atoms with Crippen LogP contribution in [0.25, 0.3) is 0 Å². The number of carbonyl (C=O) groups excluding carboxylic acids is 1. The van der Waals surface area contributed by atoms with Gasteiger partial charge in [0.1, 0.15) is 18.0 Å². The standard InChI is InChI=1S/C16H19N5O2/c22-16(17-11-13-4-2-1-3-5-13)20-14-10-15(19-12-18-14)21-6-8-23-9-7-21/h1-5,10,12H,6-9,11H2,(H2,17,18,19,20,22). The number of nitrogens with zero attached hydrogens (tertiary/aromatic N) is 3. The van der Waals surface area contributed by atoms with Crippen molar-refractivity contribution in [2.45, 2.75) is 6.54 Å². The minimum atomic E-state index is -0.291. The van der Waals surface area contributed by atoms with Crippen molar-refractivity contribution >= 4 is 17.7 Å². The average molecular weight is 313 g/mol. The van der Waals surface area contributed by atoms with Gasteiger partial charge in [-0.15, -0.1) is 0 Å². The predicted octanol–water partition coefficient (Wildman–Crippen LogP) is 1.63. The SMILES string of the molecule is O=C(NCc1ccccc1)Nc1cc(N2CCOCC2)ncn1. The van der Waals surface area contributed by atoms with Gasteiger partial charge in [-0.1, -0.05) is 30.3 Å². The molecule has 0 aliphatic carbocycles. The number of urea groups is 1. The quantitative estimate of drug-likeness (QED) is 0.897. The number of nitrogens with one attached hydrogen (secondary N) is 2. The molecule has 7 nitrogen and oxygen atoms in total. The topological polar surface area (TPSA) is 79.4 Å². The zero-order valence-electron chi connectivity index (χ0n) is 12.7. The summed E-state index contributed by atoms with van der Waals surface area (Å²) in [6, 6.07) is 11.2. The highest BCUT2D eigenvalue weighted by atomic mass is 16.5. The van der Waals surface area contributed by atoms with Crippen molar-refractivity contribution < 1.29 is 9.53 Å². The number of amides is 2. The maximum atomic E-state index is 12.0. The number of carbonyl (C=O) groups is 1. The van der Waals surface area contributed by atoms with Gasteiger partial charge in [-0.25, -0.2) is 14.8 Å². The molecule has 1 fully saturated rings. The summed E-state index contributed by atoms with van der Waals surface area (Å²) in [5.74, 6) is 1.27. The first kappa shape index (κ1) is 15.2. The van der Waals surface area contributed by atoms with Crippen LogP contribution in [0.2, 0.25) is 0 Å². The van der Waals surface area contributed by atoms with Gasteiger partial charge >= 0.3 is 6.03 Å². The molecule has 0 spiro atoms. The summed E-state index contributed by atoms with van der Waals surface area (Å²) in [7, 11) is 0. The van der Waals surface area contributed by atoms with E-state index in [2.05, 4.69) is 25.5 Å². The van der Waals surface area contributed by atoms with Gasteiger partial charge in [0.15, 0.2) is 0 Å². The Balaban J connectivity index is 1.55. The monoisotopic (exact) mass is 313 g/mol. The lowest BCUT2D eigenvalue weighted by Gasteiger charge is -2.27.